The zero-order chi connectivity index (χ0) is 28.2. The standard InChI is InChI=1S/C26H33N5O6S2/c1-5-37-26(33)29-14-16-30(17-15-29)39(34,35)20-11-9-19(10-12-20)24(32)31(18-13-28(2)3)25-27-23-21(36-4)7-6-8-22(23)38-25/h6-12H,5,13-18H2,1-4H3. The van der Waals surface area contributed by atoms with Gasteiger partial charge in [0, 0.05) is 44.8 Å². The minimum absolute atomic E-state index is 0.0909. The second-order valence-electron chi connectivity index (χ2n) is 9.18. The SMILES string of the molecule is CCOC(=O)N1CCN(S(=O)(=O)c2ccc(C(=O)N(CCN(C)C)c3nc4c(OC)cccc4s3)cc2)CC1. The number of thiazole rings is 1. The minimum atomic E-state index is -3.79. The van der Waals surface area contributed by atoms with Gasteiger partial charge in [-0.2, -0.15) is 4.31 Å². The van der Waals surface area contributed by atoms with E-state index in [2.05, 4.69) is 0 Å². The number of aromatic nitrogens is 1. The van der Waals surface area contributed by atoms with Crippen LogP contribution in [0.5, 0.6) is 5.75 Å². The molecule has 2 heterocycles. The molecule has 1 fully saturated rings. The number of anilines is 1. The number of amides is 2. The first-order valence-corrected chi connectivity index (χ1v) is 14.8. The third-order valence-corrected chi connectivity index (χ3v) is 9.30. The van der Waals surface area contributed by atoms with Crippen LogP contribution in [-0.2, 0) is 14.8 Å². The average molecular weight is 576 g/mol. The molecule has 0 aliphatic carbocycles. The predicted octanol–water partition coefficient (Wildman–Crippen LogP) is 2.98. The van der Waals surface area contributed by atoms with Gasteiger partial charge in [0.1, 0.15) is 11.3 Å². The quantitative estimate of drug-likeness (QED) is 0.383. The predicted molar refractivity (Wildman–Crippen MR) is 150 cm³/mol. The molecule has 2 aromatic carbocycles. The van der Waals surface area contributed by atoms with E-state index >= 15 is 0 Å². The molecule has 0 atom stereocenters. The maximum atomic E-state index is 13.6. The van der Waals surface area contributed by atoms with E-state index in [4.69, 9.17) is 14.5 Å². The second kappa shape index (κ2) is 12.3. The molecule has 1 aromatic heterocycles. The van der Waals surface area contributed by atoms with Crippen molar-refractivity contribution in [2.75, 3.05) is 72.0 Å². The van der Waals surface area contributed by atoms with Crippen molar-refractivity contribution in [3.05, 3.63) is 48.0 Å². The fourth-order valence-electron chi connectivity index (χ4n) is 4.18. The lowest BCUT2D eigenvalue weighted by Crippen LogP contribution is -2.50. The lowest BCUT2D eigenvalue weighted by atomic mass is 10.2. The summed E-state index contributed by atoms with van der Waals surface area (Å²) in [5.41, 5.74) is 1.04. The maximum Gasteiger partial charge on any atom is 0.409 e. The van der Waals surface area contributed by atoms with Crippen LogP contribution in [0.15, 0.2) is 47.4 Å². The molecule has 210 valence electrons. The van der Waals surface area contributed by atoms with E-state index in [1.807, 2.05) is 37.2 Å². The van der Waals surface area contributed by atoms with E-state index in [1.165, 1.54) is 44.8 Å². The first-order valence-electron chi connectivity index (χ1n) is 12.6. The molecular weight excluding hydrogens is 542 g/mol. The third kappa shape index (κ3) is 6.32. The molecule has 4 rings (SSSR count). The van der Waals surface area contributed by atoms with Crippen molar-refractivity contribution < 1.29 is 27.5 Å². The van der Waals surface area contributed by atoms with Gasteiger partial charge in [-0.25, -0.2) is 18.2 Å². The van der Waals surface area contributed by atoms with Gasteiger partial charge in [0.05, 0.1) is 23.3 Å². The Labute approximate surface area is 232 Å². The summed E-state index contributed by atoms with van der Waals surface area (Å²) < 4.78 is 39.1. The van der Waals surface area contributed by atoms with Crippen LogP contribution < -0.4 is 9.64 Å². The summed E-state index contributed by atoms with van der Waals surface area (Å²) in [7, 11) is 1.65. The molecule has 1 aliphatic rings. The van der Waals surface area contributed by atoms with Gasteiger partial charge in [-0.05, 0) is 57.4 Å². The average Bonchev–Trinajstić information content (AvgIpc) is 3.37. The van der Waals surface area contributed by atoms with E-state index in [-0.39, 0.29) is 43.6 Å². The molecule has 0 N–H and O–H groups in total. The number of hydrogen-bond donors (Lipinski definition) is 0. The van der Waals surface area contributed by atoms with Gasteiger partial charge in [-0.1, -0.05) is 17.4 Å². The van der Waals surface area contributed by atoms with Crippen LogP contribution in [0.2, 0.25) is 0 Å². The van der Waals surface area contributed by atoms with Crippen molar-refractivity contribution in [3.63, 3.8) is 0 Å². The van der Waals surface area contributed by atoms with E-state index in [1.54, 1.807) is 18.9 Å². The molecule has 0 saturated carbocycles. The molecule has 0 bridgehead atoms. The third-order valence-electron chi connectivity index (χ3n) is 6.34. The first kappa shape index (κ1) is 28.7. The summed E-state index contributed by atoms with van der Waals surface area (Å²) in [4.78, 5) is 35.5. The zero-order valence-electron chi connectivity index (χ0n) is 22.5. The number of fused-ring (bicyclic) bond motifs is 1. The van der Waals surface area contributed by atoms with Crippen LogP contribution in [-0.4, -0.2) is 107 Å². The Balaban J connectivity index is 1.54. The number of piperazine rings is 1. The summed E-state index contributed by atoms with van der Waals surface area (Å²) in [5, 5.41) is 0.539. The molecule has 0 spiro atoms. The Morgan fingerprint density at radius 1 is 1.03 bits per heavy atom. The van der Waals surface area contributed by atoms with Crippen molar-refractivity contribution in [3.8, 4) is 5.75 Å². The topological polar surface area (TPSA) is 113 Å². The van der Waals surface area contributed by atoms with Crippen LogP contribution in [0, 0.1) is 0 Å². The van der Waals surface area contributed by atoms with Crippen molar-refractivity contribution in [1.82, 2.24) is 19.1 Å². The van der Waals surface area contributed by atoms with Gasteiger partial charge in [-0.3, -0.25) is 9.69 Å². The molecule has 1 saturated heterocycles. The van der Waals surface area contributed by atoms with Gasteiger partial charge in [0.25, 0.3) is 5.91 Å². The van der Waals surface area contributed by atoms with E-state index in [0.29, 0.717) is 35.1 Å². The van der Waals surface area contributed by atoms with Gasteiger partial charge < -0.3 is 19.3 Å². The highest BCUT2D eigenvalue weighted by molar-refractivity contribution is 7.89. The fraction of sp³-hybridized carbons (Fsp3) is 0.423. The molecule has 39 heavy (non-hydrogen) atoms. The summed E-state index contributed by atoms with van der Waals surface area (Å²) in [6, 6.07) is 11.6. The molecule has 1 aliphatic heterocycles. The smallest absolute Gasteiger partial charge is 0.409 e. The van der Waals surface area contributed by atoms with Crippen LogP contribution in [0.3, 0.4) is 0 Å². The van der Waals surface area contributed by atoms with E-state index in [0.717, 1.165) is 4.70 Å². The summed E-state index contributed by atoms with van der Waals surface area (Å²) in [6.07, 6.45) is -0.442. The number of sulfonamides is 1. The number of nitrogens with zero attached hydrogens (tertiary/aromatic N) is 5. The zero-order valence-corrected chi connectivity index (χ0v) is 24.1. The molecule has 3 aromatic rings. The van der Waals surface area contributed by atoms with Crippen molar-refractivity contribution in [1.29, 1.82) is 0 Å². The van der Waals surface area contributed by atoms with Crippen molar-refractivity contribution in [2.24, 2.45) is 0 Å². The molecule has 0 unspecified atom stereocenters. The molecule has 2 amide bonds. The Hall–Kier alpha value is -3.26. The van der Waals surface area contributed by atoms with Crippen LogP contribution in [0.4, 0.5) is 9.93 Å². The number of carbonyl (C=O) groups is 2. The fourth-order valence-corrected chi connectivity index (χ4v) is 6.61. The number of rotatable bonds is 9. The number of carbonyl (C=O) groups excluding carboxylic acids is 2. The summed E-state index contributed by atoms with van der Waals surface area (Å²) in [6.45, 7) is 3.85. The Morgan fingerprint density at radius 3 is 2.33 bits per heavy atom. The van der Waals surface area contributed by atoms with Gasteiger partial charge in [0.2, 0.25) is 10.0 Å². The lowest BCUT2D eigenvalue weighted by molar-refractivity contribution is 0.0933. The maximum absolute atomic E-state index is 13.6. The molecule has 11 nitrogen and oxygen atoms in total. The first-order chi connectivity index (χ1) is 18.6. The Kier molecular flexibility index (Phi) is 9.05. The molecular formula is C26H33N5O6S2. The van der Waals surface area contributed by atoms with Crippen LogP contribution in [0.1, 0.15) is 17.3 Å². The van der Waals surface area contributed by atoms with Gasteiger partial charge >= 0.3 is 6.09 Å². The lowest BCUT2D eigenvalue weighted by Gasteiger charge is -2.33. The highest BCUT2D eigenvalue weighted by Crippen LogP contribution is 2.34. The number of methoxy groups -OCH3 is 1. The van der Waals surface area contributed by atoms with Crippen molar-refractivity contribution in [2.45, 2.75) is 11.8 Å². The number of para-hydroxylation sites is 1. The van der Waals surface area contributed by atoms with Crippen molar-refractivity contribution >= 4 is 48.7 Å². The number of benzene rings is 2. The minimum Gasteiger partial charge on any atom is -0.494 e. The number of hydrogen-bond acceptors (Lipinski definition) is 9. The monoisotopic (exact) mass is 575 g/mol. The normalized spacial score (nSPS) is 14.5. The highest BCUT2D eigenvalue weighted by atomic mass is 32.2. The Bertz CT molecular complexity index is 1420. The van der Waals surface area contributed by atoms with Crippen LogP contribution in [0.25, 0.3) is 10.2 Å². The summed E-state index contributed by atoms with van der Waals surface area (Å²) in [5.74, 6) is 0.356. The highest BCUT2D eigenvalue weighted by Gasteiger charge is 2.31. The second-order valence-corrected chi connectivity index (χ2v) is 12.1. The number of likely N-dealkylation sites (N-methyl/N-ethyl adjacent to an activating group) is 1. The number of ether oxygens (including phenoxy) is 2. The largest absolute Gasteiger partial charge is 0.494 e. The van der Waals surface area contributed by atoms with Gasteiger partial charge in [-0.15, -0.1) is 0 Å². The van der Waals surface area contributed by atoms with Crippen LogP contribution >= 0.6 is 11.3 Å². The van der Waals surface area contributed by atoms with E-state index < -0.39 is 16.1 Å². The molecule has 0 radical (unpaired) electrons. The Morgan fingerprint density at radius 2 is 1.72 bits per heavy atom. The van der Waals surface area contributed by atoms with E-state index in [9.17, 15) is 18.0 Å². The van der Waals surface area contributed by atoms with Gasteiger partial charge in [0.15, 0.2) is 5.13 Å². The molecule has 13 heteroatoms. The summed E-state index contributed by atoms with van der Waals surface area (Å²) >= 11 is 1.40.